The first kappa shape index (κ1) is 26.4. The number of pyridine rings is 1. The summed E-state index contributed by atoms with van der Waals surface area (Å²) in [6.45, 7) is 4.28. The molecule has 0 spiro atoms. The van der Waals surface area contributed by atoms with Gasteiger partial charge in [0.05, 0.1) is 6.61 Å². The fraction of sp³-hybridized carbons (Fsp3) is 0.455. The Morgan fingerprint density at radius 1 is 1.10 bits per heavy atom. The highest BCUT2D eigenvalue weighted by Crippen LogP contribution is 2.25. The minimum absolute atomic E-state index is 0. The van der Waals surface area contributed by atoms with Gasteiger partial charge in [-0.05, 0) is 61.6 Å². The maximum absolute atomic E-state index is 5.99. The van der Waals surface area contributed by atoms with Gasteiger partial charge in [0, 0.05) is 31.9 Å². The van der Waals surface area contributed by atoms with Crippen molar-refractivity contribution in [1.29, 1.82) is 0 Å². The van der Waals surface area contributed by atoms with Gasteiger partial charge in [-0.25, -0.2) is 4.98 Å². The van der Waals surface area contributed by atoms with E-state index in [1.54, 1.807) is 13.2 Å². The maximum atomic E-state index is 5.99. The Hall–Kier alpha value is -1.68. The highest BCUT2D eigenvalue weighted by atomic mass is 127. The number of aliphatic imine (C=N–C) groups is 1. The Labute approximate surface area is 201 Å². The van der Waals surface area contributed by atoms with Gasteiger partial charge in [-0.3, -0.25) is 4.99 Å². The summed E-state index contributed by atoms with van der Waals surface area (Å²) >= 11 is 1.88. The fourth-order valence-electron chi connectivity index (χ4n) is 2.56. The average molecular weight is 545 g/mol. The van der Waals surface area contributed by atoms with Gasteiger partial charge >= 0.3 is 0 Å². The first-order valence-corrected chi connectivity index (χ1v) is 11.4. The third-order valence-corrected chi connectivity index (χ3v) is 4.80. The molecule has 0 amide bonds. The molecule has 0 fully saturated rings. The van der Waals surface area contributed by atoms with Crippen molar-refractivity contribution < 1.29 is 9.47 Å². The number of rotatable bonds is 12. The molecule has 30 heavy (non-hydrogen) atoms. The van der Waals surface area contributed by atoms with E-state index in [9.17, 15) is 0 Å². The Balaban J connectivity index is 0.00000450. The van der Waals surface area contributed by atoms with Crippen molar-refractivity contribution >= 4 is 41.7 Å². The SMILES string of the molecule is CCCOc1ccc(Oc2ncccc2CNC(=NC)NCCCCSC)cc1.I. The second-order valence-corrected chi connectivity index (χ2v) is 7.43. The number of aromatic nitrogens is 1. The number of benzene rings is 1. The largest absolute Gasteiger partial charge is 0.494 e. The fourth-order valence-corrected chi connectivity index (χ4v) is 3.06. The molecule has 0 aliphatic heterocycles. The molecule has 1 aromatic heterocycles. The van der Waals surface area contributed by atoms with Gasteiger partial charge in [0.2, 0.25) is 5.88 Å². The number of ether oxygens (including phenoxy) is 2. The lowest BCUT2D eigenvalue weighted by atomic mass is 10.2. The lowest BCUT2D eigenvalue weighted by molar-refractivity contribution is 0.317. The summed E-state index contributed by atoms with van der Waals surface area (Å²) in [6, 6.07) is 11.5. The number of thioether (sulfide) groups is 1. The summed E-state index contributed by atoms with van der Waals surface area (Å²) in [5.41, 5.74) is 0.962. The van der Waals surface area contributed by atoms with Crippen molar-refractivity contribution in [2.24, 2.45) is 4.99 Å². The molecule has 2 N–H and O–H groups in total. The number of guanidine groups is 1. The van der Waals surface area contributed by atoms with E-state index in [2.05, 4.69) is 33.8 Å². The standard InChI is InChI=1S/C22H32N4O2S.HI/c1-4-15-27-19-9-11-20(12-10-19)28-21-18(8-7-14-24-21)17-26-22(23-2)25-13-5-6-16-29-3;/h7-12,14H,4-6,13,15-17H2,1-3H3,(H2,23,25,26);1H. The van der Waals surface area contributed by atoms with E-state index >= 15 is 0 Å². The van der Waals surface area contributed by atoms with E-state index in [0.717, 1.165) is 42.4 Å². The lowest BCUT2D eigenvalue weighted by Crippen LogP contribution is -2.37. The molecular formula is C22H33IN4O2S. The maximum Gasteiger partial charge on any atom is 0.224 e. The second kappa shape index (κ2) is 16.1. The van der Waals surface area contributed by atoms with Gasteiger partial charge in [0.1, 0.15) is 11.5 Å². The summed E-state index contributed by atoms with van der Waals surface area (Å²) in [4.78, 5) is 8.67. The zero-order valence-corrected chi connectivity index (χ0v) is 21.2. The number of halogens is 1. The predicted molar refractivity (Wildman–Crippen MR) is 138 cm³/mol. The molecule has 0 atom stereocenters. The van der Waals surface area contributed by atoms with E-state index in [0.29, 0.717) is 19.0 Å². The zero-order chi connectivity index (χ0) is 20.7. The number of unbranched alkanes of at least 4 members (excludes halogenated alkanes) is 1. The first-order chi connectivity index (χ1) is 14.3. The lowest BCUT2D eigenvalue weighted by Gasteiger charge is -2.14. The van der Waals surface area contributed by atoms with Crippen LogP contribution in [0.25, 0.3) is 0 Å². The Kier molecular flexibility index (Phi) is 14.1. The van der Waals surface area contributed by atoms with Crippen LogP contribution in [-0.4, -0.2) is 43.2 Å². The van der Waals surface area contributed by atoms with Crippen LogP contribution in [0.4, 0.5) is 0 Å². The molecule has 0 aliphatic rings. The Bertz CT molecular complexity index is 744. The molecule has 0 aliphatic carbocycles. The van der Waals surface area contributed by atoms with Gasteiger partial charge in [0.25, 0.3) is 0 Å². The summed E-state index contributed by atoms with van der Waals surface area (Å²) in [6.07, 6.45) is 7.18. The van der Waals surface area contributed by atoms with E-state index in [1.807, 2.05) is 48.2 Å². The highest BCUT2D eigenvalue weighted by Gasteiger charge is 2.08. The van der Waals surface area contributed by atoms with Crippen molar-refractivity contribution in [2.75, 3.05) is 32.2 Å². The molecule has 1 heterocycles. The molecule has 6 nitrogen and oxygen atoms in total. The van der Waals surface area contributed by atoms with Crippen LogP contribution in [0.3, 0.4) is 0 Å². The summed E-state index contributed by atoms with van der Waals surface area (Å²) < 4.78 is 11.6. The third kappa shape index (κ3) is 9.88. The number of nitrogens with one attached hydrogen (secondary N) is 2. The van der Waals surface area contributed by atoms with Crippen LogP contribution in [-0.2, 0) is 6.54 Å². The van der Waals surface area contributed by atoms with Crippen LogP contribution in [0.1, 0.15) is 31.7 Å². The topological polar surface area (TPSA) is 67.8 Å². The molecule has 166 valence electrons. The van der Waals surface area contributed by atoms with Gasteiger partial charge in [-0.15, -0.1) is 24.0 Å². The summed E-state index contributed by atoms with van der Waals surface area (Å²) in [5, 5.41) is 6.67. The van der Waals surface area contributed by atoms with Crippen molar-refractivity contribution in [3.8, 4) is 17.4 Å². The molecule has 0 saturated carbocycles. The van der Waals surface area contributed by atoms with E-state index < -0.39 is 0 Å². The number of hydrogen-bond acceptors (Lipinski definition) is 5. The normalized spacial score (nSPS) is 10.8. The molecule has 1 aromatic carbocycles. The predicted octanol–water partition coefficient (Wildman–Crippen LogP) is 5.09. The van der Waals surface area contributed by atoms with Crippen LogP contribution >= 0.6 is 35.7 Å². The van der Waals surface area contributed by atoms with Gasteiger partial charge in [-0.1, -0.05) is 13.0 Å². The molecule has 2 rings (SSSR count). The average Bonchev–Trinajstić information content (AvgIpc) is 2.76. The van der Waals surface area contributed by atoms with Gasteiger partial charge < -0.3 is 20.1 Å². The van der Waals surface area contributed by atoms with Crippen LogP contribution in [0.2, 0.25) is 0 Å². The van der Waals surface area contributed by atoms with Gasteiger partial charge in [-0.2, -0.15) is 11.8 Å². The quantitative estimate of drug-likeness (QED) is 0.168. The Morgan fingerprint density at radius 2 is 1.87 bits per heavy atom. The monoisotopic (exact) mass is 544 g/mol. The smallest absolute Gasteiger partial charge is 0.224 e. The van der Waals surface area contributed by atoms with E-state index in [1.165, 1.54) is 12.2 Å². The number of nitrogens with zero attached hydrogens (tertiary/aromatic N) is 2. The molecule has 0 saturated heterocycles. The highest BCUT2D eigenvalue weighted by molar-refractivity contribution is 14.0. The summed E-state index contributed by atoms with van der Waals surface area (Å²) in [5.74, 6) is 4.12. The van der Waals surface area contributed by atoms with E-state index in [4.69, 9.17) is 9.47 Å². The molecule has 0 radical (unpaired) electrons. The molecule has 0 unspecified atom stereocenters. The van der Waals surface area contributed by atoms with Gasteiger partial charge in [0.15, 0.2) is 5.96 Å². The third-order valence-electron chi connectivity index (χ3n) is 4.10. The molecular weight excluding hydrogens is 511 g/mol. The van der Waals surface area contributed by atoms with Crippen molar-refractivity contribution in [3.63, 3.8) is 0 Å². The molecule has 8 heteroatoms. The molecule has 2 aromatic rings. The van der Waals surface area contributed by atoms with Crippen LogP contribution in [0.15, 0.2) is 47.6 Å². The van der Waals surface area contributed by atoms with Crippen molar-refractivity contribution in [2.45, 2.75) is 32.7 Å². The Morgan fingerprint density at radius 3 is 2.57 bits per heavy atom. The van der Waals surface area contributed by atoms with E-state index in [-0.39, 0.29) is 24.0 Å². The minimum Gasteiger partial charge on any atom is -0.494 e. The first-order valence-electron chi connectivity index (χ1n) is 10.0. The van der Waals surface area contributed by atoms with Crippen molar-refractivity contribution in [1.82, 2.24) is 15.6 Å². The summed E-state index contributed by atoms with van der Waals surface area (Å²) in [7, 11) is 1.78. The molecule has 0 bridgehead atoms. The van der Waals surface area contributed by atoms with Crippen LogP contribution in [0, 0.1) is 0 Å². The van der Waals surface area contributed by atoms with Crippen molar-refractivity contribution in [3.05, 3.63) is 48.2 Å². The van der Waals surface area contributed by atoms with Crippen LogP contribution in [0.5, 0.6) is 17.4 Å². The second-order valence-electron chi connectivity index (χ2n) is 6.44. The van der Waals surface area contributed by atoms with Crippen LogP contribution < -0.4 is 20.1 Å². The zero-order valence-electron chi connectivity index (χ0n) is 18.0. The minimum atomic E-state index is 0. The number of hydrogen-bond donors (Lipinski definition) is 2.